The largest absolute Gasteiger partial charge is 0.381 e. The lowest BCUT2D eigenvalue weighted by atomic mass is 10.1. The van der Waals surface area contributed by atoms with Crippen molar-refractivity contribution in [2.24, 2.45) is 5.92 Å². The first-order valence-electron chi connectivity index (χ1n) is 7.54. The average molecular weight is 324 g/mol. The molecule has 0 saturated carbocycles. The summed E-state index contributed by atoms with van der Waals surface area (Å²) in [5.74, 6) is 0.339. The van der Waals surface area contributed by atoms with Crippen LogP contribution in [0.3, 0.4) is 0 Å². The van der Waals surface area contributed by atoms with Gasteiger partial charge in [-0.15, -0.1) is 0 Å². The van der Waals surface area contributed by atoms with E-state index in [1.807, 2.05) is 0 Å². The third-order valence-corrected chi connectivity index (χ3v) is 5.56. The van der Waals surface area contributed by atoms with Gasteiger partial charge in [-0.1, -0.05) is 0 Å². The molecule has 1 atom stereocenters. The number of carbonyl (C=O) groups is 1. The second-order valence-corrected chi connectivity index (χ2v) is 7.49. The zero-order valence-corrected chi connectivity index (χ0v) is 13.1. The maximum absolute atomic E-state index is 12.3. The molecule has 0 aliphatic carbocycles. The Kier molecular flexibility index (Phi) is 4.46. The van der Waals surface area contributed by atoms with E-state index < -0.39 is 10.0 Å². The Balaban J connectivity index is 1.67. The van der Waals surface area contributed by atoms with Crippen molar-refractivity contribution in [3.05, 3.63) is 24.3 Å². The number of rotatable bonds is 5. The fourth-order valence-corrected chi connectivity index (χ4v) is 3.90. The number of hydrogen-bond acceptors (Lipinski definition) is 4. The summed E-state index contributed by atoms with van der Waals surface area (Å²) >= 11 is 0. The van der Waals surface area contributed by atoms with Crippen LogP contribution in [0, 0.1) is 5.92 Å². The van der Waals surface area contributed by atoms with Crippen LogP contribution in [-0.2, 0) is 19.6 Å². The van der Waals surface area contributed by atoms with Crippen LogP contribution < -0.4 is 9.62 Å². The molecule has 1 aromatic rings. The number of carbonyl (C=O) groups excluding carboxylic acids is 1. The fourth-order valence-electron chi connectivity index (χ4n) is 2.78. The Morgan fingerprint density at radius 3 is 2.64 bits per heavy atom. The van der Waals surface area contributed by atoms with Gasteiger partial charge in [-0.05, 0) is 43.0 Å². The number of sulfonamides is 1. The molecule has 1 aromatic carbocycles. The van der Waals surface area contributed by atoms with Crippen LogP contribution in [0.1, 0.15) is 19.3 Å². The molecule has 2 heterocycles. The third-order valence-electron chi connectivity index (χ3n) is 4.12. The van der Waals surface area contributed by atoms with Gasteiger partial charge in [-0.3, -0.25) is 4.79 Å². The van der Waals surface area contributed by atoms with Gasteiger partial charge in [-0.25, -0.2) is 13.1 Å². The molecule has 1 N–H and O–H groups in total. The molecule has 6 nitrogen and oxygen atoms in total. The molecule has 2 fully saturated rings. The van der Waals surface area contributed by atoms with Gasteiger partial charge in [-0.2, -0.15) is 0 Å². The molecular weight excluding hydrogens is 304 g/mol. The number of benzene rings is 1. The molecule has 7 heteroatoms. The molecule has 2 saturated heterocycles. The van der Waals surface area contributed by atoms with E-state index in [2.05, 4.69) is 4.72 Å². The maximum Gasteiger partial charge on any atom is 0.240 e. The van der Waals surface area contributed by atoms with Gasteiger partial charge in [0.25, 0.3) is 0 Å². The van der Waals surface area contributed by atoms with E-state index in [-0.39, 0.29) is 16.7 Å². The zero-order valence-electron chi connectivity index (χ0n) is 12.3. The van der Waals surface area contributed by atoms with Crippen molar-refractivity contribution in [2.45, 2.75) is 24.2 Å². The first kappa shape index (κ1) is 15.5. The predicted octanol–water partition coefficient (Wildman–Crippen LogP) is 1.13. The summed E-state index contributed by atoms with van der Waals surface area (Å²) in [6.45, 7) is 2.41. The summed E-state index contributed by atoms with van der Waals surface area (Å²) in [7, 11) is -3.51. The number of ether oxygens (including phenoxy) is 1. The van der Waals surface area contributed by atoms with Crippen molar-refractivity contribution < 1.29 is 17.9 Å². The summed E-state index contributed by atoms with van der Waals surface area (Å²) in [6.07, 6.45) is 2.30. The van der Waals surface area contributed by atoms with Crippen molar-refractivity contribution in [3.8, 4) is 0 Å². The van der Waals surface area contributed by atoms with E-state index in [0.29, 0.717) is 32.7 Å². The Morgan fingerprint density at radius 2 is 2.05 bits per heavy atom. The number of nitrogens with one attached hydrogen (secondary N) is 1. The quantitative estimate of drug-likeness (QED) is 0.881. The minimum Gasteiger partial charge on any atom is -0.381 e. The number of amides is 1. The van der Waals surface area contributed by atoms with Crippen LogP contribution >= 0.6 is 0 Å². The third kappa shape index (κ3) is 3.31. The first-order chi connectivity index (χ1) is 10.6. The van der Waals surface area contributed by atoms with Gasteiger partial charge in [0.05, 0.1) is 11.5 Å². The lowest BCUT2D eigenvalue weighted by molar-refractivity contribution is -0.117. The smallest absolute Gasteiger partial charge is 0.240 e. The molecule has 3 rings (SSSR count). The molecular formula is C15H20N2O4S. The Bertz CT molecular complexity index is 636. The van der Waals surface area contributed by atoms with Crippen molar-refractivity contribution in [3.63, 3.8) is 0 Å². The van der Waals surface area contributed by atoms with E-state index in [9.17, 15) is 13.2 Å². The summed E-state index contributed by atoms with van der Waals surface area (Å²) in [5.41, 5.74) is 0.755. The van der Waals surface area contributed by atoms with Crippen molar-refractivity contribution in [2.75, 3.05) is 31.2 Å². The van der Waals surface area contributed by atoms with Gasteiger partial charge >= 0.3 is 0 Å². The van der Waals surface area contributed by atoms with Crippen LogP contribution in [-0.4, -0.2) is 40.6 Å². The van der Waals surface area contributed by atoms with Crippen molar-refractivity contribution in [1.29, 1.82) is 0 Å². The van der Waals surface area contributed by atoms with E-state index >= 15 is 0 Å². The second kappa shape index (κ2) is 6.36. The lowest BCUT2D eigenvalue weighted by Gasteiger charge is -2.16. The summed E-state index contributed by atoms with van der Waals surface area (Å²) in [6, 6.07) is 6.48. The molecule has 0 spiro atoms. The van der Waals surface area contributed by atoms with Gasteiger partial charge in [0.2, 0.25) is 15.9 Å². The highest BCUT2D eigenvalue weighted by Crippen LogP contribution is 2.23. The number of hydrogen-bond donors (Lipinski definition) is 1. The molecule has 0 radical (unpaired) electrons. The molecule has 1 amide bonds. The second-order valence-electron chi connectivity index (χ2n) is 5.72. The van der Waals surface area contributed by atoms with Crippen LogP contribution in [0.4, 0.5) is 5.69 Å². The van der Waals surface area contributed by atoms with Crippen LogP contribution in [0.15, 0.2) is 29.2 Å². The Labute approximate surface area is 130 Å². The Hall–Kier alpha value is -1.44. The van der Waals surface area contributed by atoms with E-state index in [1.165, 1.54) is 0 Å². The summed E-state index contributed by atoms with van der Waals surface area (Å²) in [4.78, 5) is 13.6. The predicted molar refractivity (Wildman–Crippen MR) is 82.1 cm³/mol. The molecule has 2 aliphatic heterocycles. The van der Waals surface area contributed by atoms with Gasteiger partial charge in [0.1, 0.15) is 0 Å². The zero-order chi connectivity index (χ0) is 15.6. The van der Waals surface area contributed by atoms with Crippen molar-refractivity contribution in [1.82, 2.24) is 4.72 Å². The van der Waals surface area contributed by atoms with Crippen LogP contribution in [0.5, 0.6) is 0 Å². The summed E-state index contributed by atoms with van der Waals surface area (Å²) in [5, 5.41) is 0. The molecule has 22 heavy (non-hydrogen) atoms. The van der Waals surface area contributed by atoms with Crippen molar-refractivity contribution >= 4 is 21.6 Å². The highest BCUT2D eigenvalue weighted by atomic mass is 32.2. The fraction of sp³-hybridized carbons (Fsp3) is 0.533. The Morgan fingerprint density at radius 1 is 1.27 bits per heavy atom. The minimum absolute atomic E-state index is 0.0926. The topological polar surface area (TPSA) is 75.7 Å². The number of nitrogens with zero attached hydrogens (tertiary/aromatic N) is 1. The first-order valence-corrected chi connectivity index (χ1v) is 9.02. The SMILES string of the molecule is O=C1CCCN1c1ccc(S(=O)(=O)NC[C@@H]2CCOC2)cc1. The van der Waals surface area contributed by atoms with E-state index in [1.54, 1.807) is 29.2 Å². The van der Waals surface area contributed by atoms with Gasteiger partial charge < -0.3 is 9.64 Å². The molecule has 120 valence electrons. The van der Waals surface area contributed by atoms with Crippen LogP contribution in [0.2, 0.25) is 0 Å². The van der Waals surface area contributed by atoms with Gasteiger partial charge in [0, 0.05) is 31.8 Å². The number of anilines is 1. The lowest BCUT2D eigenvalue weighted by Crippen LogP contribution is -2.29. The average Bonchev–Trinajstić information content (AvgIpc) is 3.17. The molecule has 0 aromatic heterocycles. The van der Waals surface area contributed by atoms with Crippen LogP contribution in [0.25, 0.3) is 0 Å². The molecule has 2 aliphatic rings. The normalized spacial score (nSPS) is 22.5. The molecule has 0 bridgehead atoms. The standard InChI is InChI=1S/C15H20N2O4S/c18-15-2-1-8-17(15)13-3-5-14(6-4-13)22(19,20)16-10-12-7-9-21-11-12/h3-6,12,16H,1-2,7-11H2/t12-/m0/s1. The maximum atomic E-state index is 12.3. The monoisotopic (exact) mass is 324 g/mol. The highest BCUT2D eigenvalue weighted by Gasteiger charge is 2.23. The highest BCUT2D eigenvalue weighted by molar-refractivity contribution is 7.89. The van der Waals surface area contributed by atoms with E-state index in [0.717, 1.165) is 18.5 Å². The van der Waals surface area contributed by atoms with E-state index in [4.69, 9.17) is 4.74 Å². The minimum atomic E-state index is -3.51. The van der Waals surface area contributed by atoms with Gasteiger partial charge in [0.15, 0.2) is 0 Å². The summed E-state index contributed by atoms with van der Waals surface area (Å²) < 4.78 is 32.4. The molecule has 0 unspecified atom stereocenters.